The standard InChI is InChI=1S/C14H30N2/c1-11(2)9-13(16(5)6)10-15-12(3)14(4)7-8-14/h11-13,15H,7-10H2,1-6H3. The van der Waals surface area contributed by atoms with Crippen LogP contribution in [0.5, 0.6) is 0 Å². The van der Waals surface area contributed by atoms with Crippen molar-refractivity contribution < 1.29 is 0 Å². The molecular weight excluding hydrogens is 196 g/mol. The Morgan fingerprint density at radius 1 is 1.19 bits per heavy atom. The molecule has 0 aromatic carbocycles. The van der Waals surface area contributed by atoms with Crippen LogP contribution < -0.4 is 5.32 Å². The lowest BCUT2D eigenvalue weighted by atomic mass is 9.99. The lowest BCUT2D eigenvalue weighted by Gasteiger charge is -2.29. The van der Waals surface area contributed by atoms with Gasteiger partial charge in [0.25, 0.3) is 0 Å². The molecule has 1 aliphatic carbocycles. The molecule has 1 rings (SSSR count). The first-order chi connectivity index (χ1) is 7.35. The fourth-order valence-electron chi connectivity index (χ4n) is 2.21. The first kappa shape index (κ1) is 14.0. The van der Waals surface area contributed by atoms with E-state index in [0.29, 0.717) is 17.5 Å². The van der Waals surface area contributed by atoms with Crippen LogP contribution in [-0.4, -0.2) is 37.6 Å². The smallest absolute Gasteiger partial charge is 0.0217 e. The van der Waals surface area contributed by atoms with Crippen molar-refractivity contribution in [2.24, 2.45) is 11.3 Å². The normalized spacial score (nSPS) is 22.5. The fraction of sp³-hybridized carbons (Fsp3) is 1.00. The molecule has 2 heteroatoms. The SMILES string of the molecule is CC(C)CC(CNC(C)C1(C)CC1)N(C)C. The predicted octanol–water partition coefficient (Wildman–Crippen LogP) is 2.74. The summed E-state index contributed by atoms with van der Waals surface area (Å²) in [7, 11) is 4.39. The van der Waals surface area contributed by atoms with E-state index < -0.39 is 0 Å². The van der Waals surface area contributed by atoms with Crippen LogP contribution in [-0.2, 0) is 0 Å². The van der Waals surface area contributed by atoms with Gasteiger partial charge in [-0.1, -0.05) is 20.8 Å². The molecule has 0 saturated heterocycles. The number of nitrogens with zero attached hydrogens (tertiary/aromatic N) is 1. The van der Waals surface area contributed by atoms with E-state index in [1.54, 1.807) is 0 Å². The number of nitrogens with one attached hydrogen (secondary N) is 1. The maximum atomic E-state index is 3.73. The van der Waals surface area contributed by atoms with Crippen molar-refractivity contribution >= 4 is 0 Å². The van der Waals surface area contributed by atoms with Crippen molar-refractivity contribution in [3.63, 3.8) is 0 Å². The van der Waals surface area contributed by atoms with E-state index in [0.717, 1.165) is 12.5 Å². The second-order valence-corrected chi connectivity index (χ2v) is 6.53. The van der Waals surface area contributed by atoms with Crippen LogP contribution in [0.25, 0.3) is 0 Å². The van der Waals surface area contributed by atoms with Crippen molar-refractivity contribution in [2.45, 2.75) is 59.0 Å². The summed E-state index contributed by atoms with van der Waals surface area (Å²) in [6, 6.07) is 1.34. The maximum Gasteiger partial charge on any atom is 0.0217 e. The first-order valence-corrected chi connectivity index (χ1v) is 6.75. The predicted molar refractivity (Wildman–Crippen MR) is 71.7 cm³/mol. The average molecular weight is 226 g/mol. The molecule has 0 aliphatic heterocycles. The molecule has 1 saturated carbocycles. The van der Waals surface area contributed by atoms with Gasteiger partial charge >= 0.3 is 0 Å². The molecule has 0 heterocycles. The summed E-state index contributed by atoms with van der Waals surface area (Å²) in [6.07, 6.45) is 4.08. The molecule has 0 aromatic rings. The molecule has 2 nitrogen and oxygen atoms in total. The van der Waals surface area contributed by atoms with Crippen molar-refractivity contribution in [1.82, 2.24) is 10.2 Å². The molecule has 0 bridgehead atoms. The monoisotopic (exact) mass is 226 g/mol. The zero-order valence-corrected chi connectivity index (χ0v) is 12.0. The van der Waals surface area contributed by atoms with E-state index in [2.05, 4.69) is 52.0 Å². The number of rotatable bonds is 7. The zero-order valence-electron chi connectivity index (χ0n) is 12.0. The second kappa shape index (κ2) is 5.50. The van der Waals surface area contributed by atoms with Gasteiger partial charge in [0.1, 0.15) is 0 Å². The molecule has 1 fully saturated rings. The van der Waals surface area contributed by atoms with Crippen LogP contribution in [0.15, 0.2) is 0 Å². The van der Waals surface area contributed by atoms with Crippen LogP contribution in [0, 0.1) is 11.3 Å². The Bertz CT molecular complexity index is 207. The van der Waals surface area contributed by atoms with Crippen molar-refractivity contribution in [1.29, 1.82) is 0 Å². The summed E-state index contributed by atoms with van der Waals surface area (Å²) < 4.78 is 0. The van der Waals surface area contributed by atoms with E-state index in [9.17, 15) is 0 Å². The molecule has 0 aromatic heterocycles. The van der Waals surface area contributed by atoms with Crippen LogP contribution in [0.4, 0.5) is 0 Å². The number of hydrogen-bond acceptors (Lipinski definition) is 2. The van der Waals surface area contributed by atoms with Gasteiger partial charge in [-0.2, -0.15) is 0 Å². The minimum Gasteiger partial charge on any atom is -0.312 e. The van der Waals surface area contributed by atoms with Gasteiger partial charge in [0, 0.05) is 18.6 Å². The first-order valence-electron chi connectivity index (χ1n) is 6.75. The summed E-state index contributed by atoms with van der Waals surface area (Å²) in [6.45, 7) is 10.5. The van der Waals surface area contributed by atoms with Crippen LogP contribution in [0.3, 0.4) is 0 Å². The van der Waals surface area contributed by atoms with E-state index in [1.807, 2.05) is 0 Å². The van der Waals surface area contributed by atoms with Gasteiger partial charge in [-0.05, 0) is 51.6 Å². The molecule has 2 atom stereocenters. The average Bonchev–Trinajstić information content (AvgIpc) is 2.90. The Hall–Kier alpha value is -0.0800. The minimum absolute atomic E-state index is 0.592. The second-order valence-electron chi connectivity index (χ2n) is 6.53. The quantitative estimate of drug-likeness (QED) is 0.718. The van der Waals surface area contributed by atoms with Gasteiger partial charge in [0.15, 0.2) is 0 Å². The lowest BCUT2D eigenvalue weighted by molar-refractivity contribution is 0.231. The van der Waals surface area contributed by atoms with E-state index in [-0.39, 0.29) is 0 Å². The van der Waals surface area contributed by atoms with Crippen LogP contribution in [0.2, 0.25) is 0 Å². The third kappa shape index (κ3) is 4.06. The zero-order chi connectivity index (χ0) is 12.3. The fourth-order valence-corrected chi connectivity index (χ4v) is 2.21. The molecule has 0 spiro atoms. The Morgan fingerprint density at radius 2 is 1.75 bits per heavy atom. The van der Waals surface area contributed by atoms with Crippen molar-refractivity contribution in [3.05, 3.63) is 0 Å². The highest BCUT2D eigenvalue weighted by Gasteiger charge is 2.42. The molecule has 0 radical (unpaired) electrons. The van der Waals surface area contributed by atoms with Gasteiger partial charge in [-0.3, -0.25) is 0 Å². The summed E-state index contributed by atoms with van der Waals surface area (Å²) in [5.41, 5.74) is 0.592. The number of hydrogen-bond donors (Lipinski definition) is 1. The molecule has 2 unspecified atom stereocenters. The number of likely N-dealkylation sites (N-methyl/N-ethyl adjacent to an activating group) is 1. The van der Waals surface area contributed by atoms with E-state index in [4.69, 9.17) is 0 Å². The molecule has 0 amide bonds. The van der Waals surface area contributed by atoms with Crippen LogP contribution in [0.1, 0.15) is 47.0 Å². The molecule has 1 aliphatic rings. The minimum atomic E-state index is 0.592. The summed E-state index contributed by atoms with van der Waals surface area (Å²) >= 11 is 0. The maximum absolute atomic E-state index is 3.73. The summed E-state index contributed by atoms with van der Waals surface area (Å²) in [5.74, 6) is 0.779. The Balaban J connectivity index is 2.31. The van der Waals surface area contributed by atoms with Crippen molar-refractivity contribution in [3.8, 4) is 0 Å². The van der Waals surface area contributed by atoms with Gasteiger partial charge < -0.3 is 10.2 Å². The molecule has 16 heavy (non-hydrogen) atoms. The lowest BCUT2D eigenvalue weighted by Crippen LogP contribution is -2.44. The summed E-state index contributed by atoms with van der Waals surface area (Å²) in [5, 5.41) is 3.73. The summed E-state index contributed by atoms with van der Waals surface area (Å²) in [4.78, 5) is 2.36. The highest BCUT2D eigenvalue weighted by Crippen LogP contribution is 2.47. The highest BCUT2D eigenvalue weighted by molar-refractivity contribution is 4.96. The Labute approximate surface area is 102 Å². The topological polar surface area (TPSA) is 15.3 Å². The van der Waals surface area contributed by atoms with Gasteiger partial charge in [0.2, 0.25) is 0 Å². The molecule has 96 valence electrons. The van der Waals surface area contributed by atoms with Gasteiger partial charge in [0.05, 0.1) is 0 Å². The van der Waals surface area contributed by atoms with Crippen molar-refractivity contribution in [2.75, 3.05) is 20.6 Å². The largest absolute Gasteiger partial charge is 0.312 e. The van der Waals surface area contributed by atoms with E-state index in [1.165, 1.54) is 19.3 Å². The van der Waals surface area contributed by atoms with Gasteiger partial charge in [-0.15, -0.1) is 0 Å². The molecule has 1 N–H and O–H groups in total. The Kier molecular flexibility index (Phi) is 4.81. The third-order valence-electron chi connectivity index (χ3n) is 4.22. The Morgan fingerprint density at radius 3 is 2.12 bits per heavy atom. The van der Waals surface area contributed by atoms with E-state index >= 15 is 0 Å². The molecular formula is C14H30N2. The van der Waals surface area contributed by atoms with Gasteiger partial charge in [-0.25, -0.2) is 0 Å². The highest BCUT2D eigenvalue weighted by atomic mass is 15.1. The van der Waals surface area contributed by atoms with Crippen LogP contribution >= 0.6 is 0 Å². The third-order valence-corrected chi connectivity index (χ3v) is 4.22.